The second-order valence-corrected chi connectivity index (χ2v) is 8.12. The number of rotatable bonds is 4. The average molecular weight is 460 g/mol. The highest BCUT2D eigenvalue weighted by molar-refractivity contribution is 8.00. The first-order chi connectivity index (χ1) is 15.2. The number of carbonyl (C=O) groups is 2. The first-order valence-corrected chi connectivity index (χ1v) is 10.5. The molecule has 0 unspecified atom stereocenters. The van der Waals surface area contributed by atoms with Crippen molar-refractivity contribution in [1.82, 2.24) is 0 Å². The van der Waals surface area contributed by atoms with Gasteiger partial charge in [0.05, 0.1) is 11.3 Å². The van der Waals surface area contributed by atoms with Gasteiger partial charge in [0.1, 0.15) is 11.2 Å². The second kappa shape index (κ2) is 8.66. The fourth-order valence-corrected chi connectivity index (χ4v) is 4.47. The van der Waals surface area contributed by atoms with E-state index in [1.807, 2.05) is 0 Å². The van der Waals surface area contributed by atoms with Gasteiger partial charge in [0.2, 0.25) is 5.91 Å². The largest absolute Gasteiger partial charge is 0.416 e. The van der Waals surface area contributed by atoms with Crippen molar-refractivity contribution in [2.75, 3.05) is 16.0 Å². The number of benzene rings is 3. The maximum absolute atomic E-state index is 13.0. The molecular weight excluding hydrogens is 444 g/mol. The van der Waals surface area contributed by atoms with Gasteiger partial charge in [0, 0.05) is 16.9 Å². The van der Waals surface area contributed by atoms with Gasteiger partial charge in [-0.05, 0) is 66.2 Å². The van der Waals surface area contributed by atoms with Crippen LogP contribution < -0.4 is 10.2 Å². The molecule has 1 N–H and O–H groups in total. The lowest BCUT2D eigenvalue weighted by Gasteiger charge is -2.25. The van der Waals surface area contributed by atoms with Gasteiger partial charge in [-0.1, -0.05) is 12.1 Å². The quantitative estimate of drug-likeness (QED) is 0.495. The topological polar surface area (TPSA) is 49.4 Å². The average Bonchev–Trinajstić information content (AvgIpc) is 3.15. The van der Waals surface area contributed by atoms with Gasteiger partial charge in [-0.3, -0.25) is 14.5 Å². The molecule has 1 heterocycles. The van der Waals surface area contributed by atoms with Crippen LogP contribution in [0, 0.1) is 5.82 Å². The van der Waals surface area contributed by atoms with Crippen LogP contribution in [-0.4, -0.2) is 17.6 Å². The highest BCUT2D eigenvalue weighted by Gasteiger charge is 2.35. The van der Waals surface area contributed by atoms with Crippen molar-refractivity contribution in [3.05, 3.63) is 95.3 Å². The number of hydrogen-bond acceptors (Lipinski definition) is 3. The molecule has 0 bridgehead atoms. The molecule has 3 aromatic rings. The van der Waals surface area contributed by atoms with Crippen molar-refractivity contribution in [2.45, 2.75) is 11.6 Å². The van der Waals surface area contributed by atoms with Gasteiger partial charge >= 0.3 is 6.18 Å². The highest BCUT2D eigenvalue weighted by Crippen LogP contribution is 2.42. The smallest absolute Gasteiger partial charge is 0.322 e. The molecule has 1 aliphatic heterocycles. The van der Waals surface area contributed by atoms with Crippen LogP contribution in [0.3, 0.4) is 0 Å². The molecule has 0 aliphatic carbocycles. The Balaban J connectivity index is 1.50. The van der Waals surface area contributed by atoms with E-state index in [1.54, 1.807) is 24.3 Å². The van der Waals surface area contributed by atoms with Gasteiger partial charge < -0.3 is 5.32 Å². The maximum Gasteiger partial charge on any atom is 0.416 e. The Kier molecular flexibility index (Phi) is 5.92. The van der Waals surface area contributed by atoms with Crippen LogP contribution in [0.4, 0.5) is 28.9 Å². The lowest BCUT2D eigenvalue weighted by Crippen LogP contribution is -2.27. The van der Waals surface area contributed by atoms with Crippen LogP contribution >= 0.6 is 11.8 Å². The molecule has 0 saturated carbocycles. The van der Waals surface area contributed by atoms with E-state index in [0.717, 1.165) is 17.7 Å². The number of carbonyl (C=O) groups excluding carboxylic acids is 2. The van der Waals surface area contributed by atoms with E-state index in [4.69, 9.17) is 0 Å². The lowest BCUT2D eigenvalue weighted by atomic mass is 10.1. The Morgan fingerprint density at radius 3 is 2.16 bits per heavy atom. The van der Waals surface area contributed by atoms with Crippen molar-refractivity contribution < 1.29 is 27.2 Å². The molecule has 164 valence electrons. The number of anilines is 2. The van der Waals surface area contributed by atoms with Crippen molar-refractivity contribution in [2.24, 2.45) is 0 Å². The maximum atomic E-state index is 13.0. The molecule has 0 radical (unpaired) electrons. The number of thioether (sulfide) groups is 1. The Morgan fingerprint density at radius 2 is 1.56 bits per heavy atom. The molecule has 4 nitrogen and oxygen atoms in total. The SMILES string of the molecule is O=C(Nc1ccc([C@@H]2SCC(=O)N2c2ccc(C(F)(F)F)cc2)cc1)c1ccc(F)cc1. The van der Waals surface area contributed by atoms with E-state index in [1.165, 1.54) is 53.1 Å². The Labute approximate surface area is 185 Å². The van der Waals surface area contributed by atoms with Gasteiger partial charge in [-0.2, -0.15) is 13.2 Å². The van der Waals surface area contributed by atoms with Gasteiger partial charge in [0.15, 0.2) is 0 Å². The fourth-order valence-electron chi connectivity index (χ4n) is 3.30. The van der Waals surface area contributed by atoms with Crippen LogP contribution in [0.15, 0.2) is 72.8 Å². The lowest BCUT2D eigenvalue weighted by molar-refractivity contribution is -0.137. The van der Waals surface area contributed by atoms with E-state index in [9.17, 15) is 27.2 Å². The van der Waals surface area contributed by atoms with E-state index >= 15 is 0 Å². The number of amides is 2. The third-order valence-corrected chi connectivity index (χ3v) is 6.11. The number of alkyl halides is 3. The Morgan fingerprint density at radius 1 is 0.938 bits per heavy atom. The summed E-state index contributed by atoms with van der Waals surface area (Å²) in [4.78, 5) is 26.2. The van der Waals surface area contributed by atoms with Gasteiger partial charge in [-0.15, -0.1) is 11.8 Å². The van der Waals surface area contributed by atoms with Crippen LogP contribution in [0.1, 0.15) is 26.9 Å². The van der Waals surface area contributed by atoms with Gasteiger partial charge in [-0.25, -0.2) is 4.39 Å². The number of nitrogens with one attached hydrogen (secondary N) is 1. The number of hydrogen-bond donors (Lipinski definition) is 1. The third kappa shape index (κ3) is 4.62. The zero-order valence-electron chi connectivity index (χ0n) is 16.4. The van der Waals surface area contributed by atoms with E-state index < -0.39 is 28.8 Å². The summed E-state index contributed by atoms with van der Waals surface area (Å²) in [7, 11) is 0. The van der Waals surface area contributed by atoms with Crippen LogP contribution in [0.2, 0.25) is 0 Å². The molecule has 1 aliphatic rings. The minimum atomic E-state index is -4.45. The Hall–Kier alpha value is -3.33. The first kappa shape index (κ1) is 21.9. The monoisotopic (exact) mass is 460 g/mol. The minimum Gasteiger partial charge on any atom is -0.322 e. The molecule has 0 aromatic heterocycles. The summed E-state index contributed by atoms with van der Waals surface area (Å²) in [6.07, 6.45) is -4.45. The van der Waals surface area contributed by atoms with Crippen molar-refractivity contribution in [1.29, 1.82) is 0 Å². The molecule has 2 amide bonds. The molecule has 1 saturated heterocycles. The fraction of sp³-hybridized carbons (Fsp3) is 0.130. The summed E-state index contributed by atoms with van der Waals surface area (Å²) in [6, 6.07) is 16.5. The Bertz CT molecular complexity index is 1130. The molecule has 32 heavy (non-hydrogen) atoms. The standard InChI is InChI=1S/C23H16F4N2O2S/c24-17-7-1-14(2-8-17)21(31)28-18-9-3-15(4-10-18)22-29(20(30)13-32-22)19-11-5-16(6-12-19)23(25,26)27/h1-12,22H,13H2,(H,28,31)/t22-/m0/s1. The summed E-state index contributed by atoms with van der Waals surface area (Å²) in [5, 5.41) is 2.31. The highest BCUT2D eigenvalue weighted by atomic mass is 32.2. The van der Waals surface area contributed by atoms with Gasteiger partial charge in [0.25, 0.3) is 5.91 Å². The van der Waals surface area contributed by atoms with E-state index in [-0.39, 0.29) is 11.7 Å². The number of halogens is 4. The summed E-state index contributed by atoms with van der Waals surface area (Å²) in [5.41, 5.74) is 1.19. The predicted molar refractivity (Wildman–Crippen MR) is 115 cm³/mol. The zero-order chi connectivity index (χ0) is 22.9. The minimum absolute atomic E-state index is 0.201. The summed E-state index contributed by atoms with van der Waals surface area (Å²) < 4.78 is 51.5. The normalized spacial score (nSPS) is 16.3. The molecule has 0 spiro atoms. The summed E-state index contributed by atoms with van der Waals surface area (Å²) >= 11 is 1.37. The van der Waals surface area contributed by atoms with Crippen LogP contribution in [0.25, 0.3) is 0 Å². The van der Waals surface area contributed by atoms with Crippen LogP contribution in [-0.2, 0) is 11.0 Å². The number of nitrogens with zero attached hydrogens (tertiary/aromatic N) is 1. The van der Waals surface area contributed by atoms with Crippen molar-refractivity contribution in [3.63, 3.8) is 0 Å². The van der Waals surface area contributed by atoms with E-state index in [0.29, 0.717) is 16.9 Å². The van der Waals surface area contributed by atoms with E-state index in [2.05, 4.69) is 5.32 Å². The zero-order valence-corrected chi connectivity index (χ0v) is 17.2. The molecule has 3 aromatic carbocycles. The summed E-state index contributed by atoms with van der Waals surface area (Å²) in [6.45, 7) is 0. The molecule has 9 heteroatoms. The third-order valence-electron chi connectivity index (χ3n) is 4.90. The summed E-state index contributed by atoms with van der Waals surface area (Å²) in [5.74, 6) is -0.829. The first-order valence-electron chi connectivity index (χ1n) is 9.50. The predicted octanol–water partition coefficient (Wildman–Crippen LogP) is 5.88. The van der Waals surface area contributed by atoms with Crippen molar-refractivity contribution >= 4 is 35.0 Å². The second-order valence-electron chi connectivity index (χ2n) is 7.05. The molecular formula is C23H16F4N2O2S. The van der Waals surface area contributed by atoms with Crippen molar-refractivity contribution in [3.8, 4) is 0 Å². The van der Waals surface area contributed by atoms with Crippen LogP contribution in [0.5, 0.6) is 0 Å². The molecule has 4 rings (SSSR count). The molecule has 1 atom stereocenters. The molecule has 1 fully saturated rings.